The molecule has 2 nitrogen and oxygen atoms in total. The van der Waals surface area contributed by atoms with Crippen molar-refractivity contribution in [2.45, 2.75) is 31.7 Å². The highest BCUT2D eigenvalue weighted by atomic mass is 28.3. The van der Waals surface area contributed by atoms with Crippen LogP contribution in [-0.2, 0) is 0 Å². The molecule has 0 unspecified atom stereocenters. The molecule has 0 N–H and O–H groups in total. The van der Waals surface area contributed by atoms with Crippen LogP contribution in [0.15, 0.2) is 66.4 Å². The zero-order chi connectivity index (χ0) is 16.4. The van der Waals surface area contributed by atoms with E-state index in [1.54, 1.807) is 7.11 Å². The standard InChI is InChI=1S/C20H25NOSi/c1-22-18-12-10-16(11-13-18)20-19(14-15-23(2,3)4)21(20)17-8-6-5-7-9-17/h5-15,19-20H,1-4H3/b15-14+/t19-,20+,21?/m1/s1. The molecule has 2 aromatic rings. The van der Waals surface area contributed by atoms with Gasteiger partial charge in [0.05, 0.1) is 27.3 Å². The molecule has 120 valence electrons. The van der Waals surface area contributed by atoms with Gasteiger partial charge in [-0.25, -0.2) is 0 Å². The smallest absolute Gasteiger partial charge is 0.118 e. The van der Waals surface area contributed by atoms with E-state index in [9.17, 15) is 0 Å². The number of methoxy groups -OCH3 is 1. The Morgan fingerprint density at radius 1 is 0.957 bits per heavy atom. The third-order valence-corrected chi connectivity index (χ3v) is 5.35. The first-order valence-corrected chi connectivity index (χ1v) is 11.7. The molecule has 0 saturated carbocycles. The molecule has 1 saturated heterocycles. The minimum Gasteiger partial charge on any atom is -0.497 e. The molecule has 2 atom stereocenters. The molecule has 1 fully saturated rings. The first-order valence-electron chi connectivity index (χ1n) is 8.16. The van der Waals surface area contributed by atoms with E-state index in [1.165, 1.54) is 11.3 Å². The molecule has 0 spiro atoms. The maximum absolute atomic E-state index is 5.28. The number of hydrogen-bond acceptors (Lipinski definition) is 2. The first-order chi connectivity index (χ1) is 11.0. The highest BCUT2D eigenvalue weighted by Crippen LogP contribution is 2.47. The van der Waals surface area contributed by atoms with Crippen molar-refractivity contribution < 1.29 is 4.74 Å². The van der Waals surface area contributed by atoms with Gasteiger partial charge in [0.25, 0.3) is 0 Å². The molecule has 3 rings (SSSR count). The number of ether oxygens (including phenoxy) is 1. The molecule has 1 aliphatic rings. The van der Waals surface area contributed by atoms with Crippen LogP contribution in [0.5, 0.6) is 5.75 Å². The molecule has 1 heterocycles. The largest absolute Gasteiger partial charge is 0.497 e. The Bertz CT molecular complexity index is 673. The maximum atomic E-state index is 5.28. The second-order valence-electron chi connectivity index (χ2n) is 7.18. The van der Waals surface area contributed by atoms with Crippen LogP contribution in [0.4, 0.5) is 5.69 Å². The summed E-state index contributed by atoms with van der Waals surface area (Å²) in [7, 11) is 0.527. The second-order valence-corrected chi connectivity index (χ2v) is 12.2. The first kappa shape index (κ1) is 15.9. The van der Waals surface area contributed by atoms with Gasteiger partial charge in [0.2, 0.25) is 0 Å². The maximum Gasteiger partial charge on any atom is 0.118 e. The lowest BCUT2D eigenvalue weighted by molar-refractivity contribution is 0.414. The number of rotatable bonds is 5. The fourth-order valence-electron chi connectivity index (χ4n) is 2.93. The lowest BCUT2D eigenvalue weighted by atomic mass is 10.1. The van der Waals surface area contributed by atoms with Crippen LogP contribution in [0.25, 0.3) is 0 Å². The monoisotopic (exact) mass is 323 g/mol. The highest BCUT2D eigenvalue weighted by molar-refractivity contribution is 6.80. The van der Waals surface area contributed by atoms with E-state index in [2.05, 4.69) is 90.9 Å². The summed E-state index contributed by atoms with van der Waals surface area (Å²) in [5, 5.41) is 0. The highest BCUT2D eigenvalue weighted by Gasteiger charge is 2.46. The third-order valence-electron chi connectivity index (χ3n) is 4.16. The summed E-state index contributed by atoms with van der Waals surface area (Å²) in [5.41, 5.74) is 5.09. The summed E-state index contributed by atoms with van der Waals surface area (Å²) in [6.45, 7) is 7.13. The van der Waals surface area contributed by atoms with E-state index in [1.807, 2.05) is 0 Å². The Morgan fingerprint density at radius 3 is 2.17 bits per heavy atom. The molecule has 0 bridgehead atoms. The van der Waals surface area contributed by atoms with Crippen molar-refractivity contribution in [1.82, 2.24) is 0 Å². The summed E-state index contributed by atoms with van der Waals surface area (Å²) in [4.78, 5) is 2.48. The van der Waals surface area contributed by atoms with E-state index in [4.69, 9.17) is 4.74 Å². The Morgan fingerprint density at radius 2 is 1.61 bits per heavy atom. The normalized spacial score (nSPS) is 20.8. The van der Waals surface area contributed by atoms with Gasteiger partial charge in [-0.3, -0.25) is 0 Å². The molecule has 0 aliphatic carbocycles. The van der Waals surface area contributed by atoms with Crippen molar-refractivity contribution in [2.24, 2.45) is 0 Å². The molecule has 23 heavy (non-hydrogen) atoms. The number of hydrogen-bond donors (Lipinski definition) is 0. The van der Waals surface area contributed by atoms with Crippen molar-refractivity contribution in [3.05, 3.63) is 71.9 Å². The van der Waals surface area contributed by atoms with Gasteiger partial charge in [-0.1, -0.05) is 61.7 Å². The summed E-state index contributed by atoms with van der Waals surface area (Å²) in [6, 6.07) is 20.0. The molecule has 0 radical (unpaired) electrons. The number of benzene rings is 2. The average molecular weight is 324 g/mol. The molecular formula is C20H25NOSi. The van der Waals surface area contributed by atoms with Crippen molar-refractivity contribution in [1.29, 1.82) is 0 Å². The fourth-order valence-corrected chi connectivity index (χ4v) is 3.70. The van der Waals surface area contributed by atoms with Crippen LogP contribution >= 0.6 is 0 Å². The van der Waals surface area contributed by atoms with Crippen LogP contribution in [0.2, 0.25) is 19.6 Å². The minimum atomic E-state index is -1.18. The van der Waals surface area contributed by atoms with Crippen molar-refractivity contribution >= 4 is 13.8 Å². The van der Waals surface area contributed by atoms with Gasteiger partial charge in [0.15, 0.2) is 0 Å². The molecule has 1 aliphatic heterocycles. The van der Waals surface area contributed by atoms with Crippen LogP contribution in [-0.4, -0.2) is 21.2 Å². The van der Waals surface area contributed by atoms with E-state index in [-0.39, 0.29) is 0 Å². The van der Waals surface area contributed by atoms with Crippen molar-refractivity contribution in [3.63, 3.8) is 0 Å². The van der Waals surface area contributed by atoms with Gasteiger partial charge >= 0.3 is 0 Å². The van der Waals surface area contributed by atoms with Gasteiger partial charge < -0.3 is 9.64 Å². The fraction of sp³-hybridized carbons (Fsp3) is 0.300. The van der Waals surface area contributed by atoms with E-state index in [0.29, 0.717) is 12.1 Å². The van der Waals surface area contributed by atoms with E-state index < -0.39 is 8.07 Å². The Hall–Kier alpha value is -2.00. The summed E-state index contributed by atoms with van der Waals surface area (Å²) in [5.74, 6) is 0.912. The number of para-hydroxylation sites is 1. The molecule has 0 amide bonds. The van der Waals surface area contributed by atoms with Crippen molar-refractivity contribution in [3.8, 4) is 5.75 Å². The second kappa shape index (κ2) is 6.24. The Balaban J connectivity index is 1.87. The van der Waals surface area contributed by atoms with Crippen LogP contribution in [0, 0.1) is 0 Å². The summed E-state index contributed by atoms with van der Waals surface area (Å²) >= 11 is 0. The predicted molar refractivity (Wildman–Crippen MR) is 101 cm³/mol. The van der Waals surface area contributed by atoms with Gasteiger partial charge in [-0.15, -0.1) is 0 Å². The van der Waals surface area contributed by atoms with Gasteiger partial charge in [-0.2, -0.15) is 0 Å². The lowest BCUT2D eigenvalue weighted by Crippen LogP contribution is -2.16. The zero-order valence-electron chi connectivity index (χ0n) is 14.4. The van der Waals surface area contributed by atoms with Crippen LogP contribution < -0.4 is 9.64 Å². The SMILES string of the molecule is COc1ccc([C@H]2[C@@H](/C=C/[Si](C)(C)C)N2c2ccccc2)cc1. The topological polar surface area (TPSA) is 12.2 Å². The zero-order valence-corrected chi connectivity index (χ0v) is 15.4. The van der Waals surface area contributed by atoms with Gasteiger partial charge in [0.1, 0.15) is 5.75 Å². The third kappa shape index (κ3) is 3.67. The molecule has 3 heteroatoms. The quantitative estimate of drug-likeness (QED) is 0.563. The average Bonchev–Trinajstić information content (AvgIpc) is 3.27. The molecule has 2 aromatic carbocycles. The van der Waals surface area contributed by atoms with Gasteiger partial charge in [0, 0.05) is 5.69 Å². The molecular weight excluding hydrogens is 298 g/mol. The predicted octanol–water partition coefficient (Wildman–Crippen LogP) is 5.06. The Kier molecular flexibility index (Phi) is 4.31. The number of anilines is 1. The van der Waals surface area contributed by atoms with Gasteiger partial charge in [-0.05, 0) is 29.8 Å². The summed E-state index contributed by atoms with van der Waals surface area (Å²) < 4.78 is 5.28. The minimum absolute atomic E-state index is 0.427. The van der Waals surface area contributed by atoms with Crippen LogP contribution in [0.1, 0.15) is 11.6 Å². The van der Waals surface area contributed by atoms with E-state index >= 15 is 0 Å². The van der Waals surface area contributed by atoms with E-state index in [0.717, 1.165) is 5.75 Å². The number of nitrogens with zero attached hydrogens (tertiary/aromatic N) is 1. The summed E-state index contributed by atoms with van der Waals surface area (Å²) in [6.07, 6.45) is 2.41. The molecule has 0 aromatic heterocycles. The Labute approximate surface area is 140 Å². The van der Waals surface area contributed by atoms with Crippen LogP contribution in [0.3, 0.4) is 0 Å². The lowest BCUT2D eigenvalue weighted by Gasteiger charge is -2.08. The van der Waals surface area contributed by atoms with Crippen molar-refractivity contribution in [2.75, 3.05) is 12.0 Å².